The molecule has 8 nitrogen and oxygen atoms in total. The molecule has 0 saturated carbocycles. The van der Waals surface area contributed by atoms with E-state index in [1.807, 2.05) is 17.5 Å². The molecule has 9 heteroatoms. The van der Waals surface area contributed by atoms with Crippen molar-refractivity contribution < 1.29 is 29.2 Å². The number of hydrogen-bond donors (Lipinski definition) is 1. The smallest absolute Gasteiger partial charge is 0.355 e. The van der Waals surface area contributed by atoms with Crippen LogP contribution in [0.4, 0.5) is 0 Å². The maximum atomic E-state index is 13.7. The highest BCUT2D eigenvalue weighted by atomic mass is 32.1. The average molecular weight is 466 g/mol. The SMILES string of the molecule is CCOC(=O)c1[nH]c(C)c(C([O-])=C2C(=O)C(=O)N(Cc3ccc[nH+]c3)C2c2cccs2)c1C. The summed E-state index contributed by atoms with van der Waals surface area (Å²) in [5.41, 5.74) is 1.90. The molecule has 0 bridgehead atoms. The van der Waals surface area contributed by atoms with Gasteiger partial charge in [-0.05, 0) is 49.4 Å². The van der Waals surface area contributed by atoms with E-state index in [1.165, 1.54) is 16.2 Å². The summed E-state index contributed by atoms with van der Waals surface area (Å²) in [6, 6.07) is 6.45. The van der Waals surface area contributed by atoms with E-state index >= 15 is 0 Å². The molecule has 4 rings (SSSR count). The van der Waals surface area contributed by atoms with E-state index in [9.17, 15) is 19.5 Å². The van der Waals surface area contributed by atoms with Crippen LogP contribution >= 0.6 is 11.3 Å². The zero-order valence-electron chi connectivity index (χ0n) is 18.4. The lowest BCUT2D eigenvalue weighted by Gasteiger charge is -2.26. The number of carbonyl (C=O) groups is 3. The number of thiophene rings is 1. The van der Waals surface area contributed by atoms with Crippen LogP contribution in [0.5, 0.6) is 0 Å². The summed E-state index contributed by atoms with van der Waals surface area (Å²) in [7, 11) is 0. The minimum Gasteiger partial charge on any atom is -0.872 e. The van der Waals surface area contributed by atoms with Crippen molar-refractivity contribution in [3.8, 4) is 0 Å². The Balaban J connectivity index is 1.85. The number of amides is 1. The third-order valence-electron chi connectivity index (χ3n) is 5.61. The number of ether oxygens (including phenoxy) is 1. The lowest BCUT2D eigenvalue weighted by atomic mass is 9.97. The van der Waals surface area contributed by atoms with Crippen LogP contribution in [0.25, 0.3) is 5.76 Å². The van der Waals surface area contributed by atoms with Crippen molar-refractivity contribution in [1.29, 1.82) is 0 Å². The molecule has 3 aromatic rings. The highest BCUT2D eigenvalue weighted by Crippen LogP contribution is 2.42. The minimum atomic E-state index is -0.823. The fourth-order valence-corrected chi connectivity index (χ4v) is 4.98. The van der Waals surface area contributed by atoms with Crippen molar-refractivity contribution in [2.24, 2.45) is 0 Å². The number of nitrogens with one attached hydrogen (secondary N) is 2. The molecular weight excluding hydrogens is 442 g/mol. The van der Waals surface area contributed by atoms with Crippen LogP contribution in [0.2, 0.25) is 0 Å². The first kappa shape index (κ1) is 22.5. The van der Waals surface area contributed by atoms with Crippen LogP contribution in [-0.2, 0) is 20.9 Å². The third kappa shape index (κ3) is 3.95. The van der Waals surface area contributed by atoms with E-state index < -0.39 is 29.5 Å². The van der Waals surface area contributed by atoms with Gasteiger partial charge in [-0.2, -0.15) is 0 Å². The van der Waals surface area contributed by atoms with Crippen molar-refractivity contribution in [2.75, 3.05) is 6.61 Å². The summed E-state index contributed by atoms with van der Waals surface area (Å²) in [5, 5.41) is 15.6. The third-order valence-corrected chi connectivity index (χ3v) is 6.54. The van der Waals surface area contributed by atoms with Crippen LogP contribution in [0.3, 0.4) is 0 Å². The quantitative estimate of drug-likeness (QED) is 0.259. The number of hydrogen-bond acceptors (Lipinski definition) is 6. The molecule has 0 radical (unpaired) electrons. The summed E-state index contributed by atoms with van der Waals surface area (Å²) < 4.78 is 5.07. The zero-order chi connectivity index (χ0) is 23.7. The number of esters is 1. The zero-order valence-corrected chi connectivity index (χ0v) is 19.2. The molecule has 1 aliphatic heterocycles. The number of rotatable bonds is 6. The molecule has 1 fully saturated rings. The van der Waals surface area contributed by atoms with Gasteiger partial charge in [0.1, 0.15) is 5.69 Å². The highest BCUT2D eigenvalue weighted by Gasteiger charge is 2.45. The molecule has 2 N–H and O–H groups in total. The maximum Gasteiger partial charge on any atom is 0.355 e. The first-order valence-electron chi connectivity index (χ1n) is 10.5. The van der Waals surface area contributed by atoms with Gasteiger partial charge in [-0.3, -0.25) is 9.59 Å². The van der Waals surface area contributed by atoms with E-state index in [1.54, 1.807) is 45.3 Å². The van der Waals surface area contributed by atoms with Crippen LogP contribution < -0.4 is 10.1 Å². The Morgan fingerprint density at radius 1 is 1.27 bits per heavy atom. The fraction of sp³-hybridized carbons (Fsp3) is 0.250. The second-order valence-electron chi connectivity index (χ2n) is 7.68. The van der Waals surface area contributed by atoms with Gasteiger partial charge >= 0.3 is 5.97 Å². The fourth-order valence-electron chi connectivity index (χ4n) is 4.13. The van der Waals surface area contributed by atoms with Gasteiger partial charge < -0.3 is 19.7 Å². The molecule has 0 spiro atoms. The van der Waals surface area contributed by atoms with Gasteiger partial charge in [0.2, 0.25) is 5.78 Å². The number of aromatic amines is 2. The predicted octanol–water partition coefficient (Wildman–Crippen LogP) is 2.11. The van der Waals surface area contributed by atoms with E-state index in [4.69, 9.17) is 4.74 Å². The molecule has 4 heterocycles. The van der Waals surface area contributed by atoms with E-state index in [-0.39, 0.29) is 30.0 Å². The summed E-state index contributed by atoms with van der Waals surface area (Å²) in [4.78, 5) is 46.5. The summed E-state index contributed by atoms with van der Waals surface area (Å²) in [6.07, 6.45) is 3.49. The summed E-state index contributed by atoms with van der Waals surface area (Å²) >= 11 is 1.37. The summed E-state index contributed by atoms with van der Waals surface area (Å²) in [6.45, 7) is 5.33. The van der Waals surface area contributed by atoms with Crippen LogP contribution in [-0.4, -0.2) is 34.2 Å². The Labute approximate surface area is 194 Å². The number of nitrogens with zero attached hydrogens (tertiary/aromatic N) is 1. The molecule has 1 unspecified atom stereocenters. The predicted molar refractivity (Wildman–Crippen MR) is 119 cm³/mol. The normalized spacial score (nSPS) is 17.5. The van der Waals surface area contributed by atoms with Crippen molar-refractivity contribution in [1.82, 2.24) is 9.88 Å². The van der Waals surface area contributed by atoms with Gasteiger partial charge in [-0.1, -0.05) is 11.8 Å². The van der Waals surface area contributed by atoms with Crippen LogP contribution in [0.1, 0.15) is 50.7 Å². The van der Waals surface area contributed by atoms with Gasteiger partial charge in [0.15, 0.2) is 12.4 Å². The number of H-pyrrole nitrogens is 2. The van der Waals surface area contributed by atoms with Crippen molar-refractivity contribution in [2.45, 2.75) is 33.4 Å². The van der Waals surface area contributed by atoms with Crippen molar-refractivity contribution in [3.05, 3.63) is 80.6 Å². The number of aryl methyl sites for hydroxylation is 1. The maximum absolute atomic E-state index is 13.7. The van der Waals surface area contributed by atoms with Crippen molar-refractivity contribution in [3.63, 3.8) is 0 Å². The molecule has 170 valence electrons. The Bertz CT molecular complexity index is 1240. The standard InChI is InChI=1S/C24H23N3O5S/c1-4-32-24(31)19-13(2)17(14(3)26-19)21(28)18-20(16-8-6-10-33-16)27(23(30)22(18)29)12-15-7-5-9-25-11-15/h5-11,20,26,28H,4,12H2,1-3H3. The highest BCUT2D eigenvalue weighted by molar-refractivity contribution is 7.10. The lowest BCUT2D eigenvalue weighted by molar-refractivity contribution is -0.378. The molecule has 1 atom stereocenters. The molecule has 3 aromatic heterocycles. The van der Waals surface area contributed by atoms with Gasteiger partial charge in [-0.15, -0.1) is 11.3 Å². The lowest BCUT2D eigenvalue weighted by Crippen LogP contribution is -2.29. The topological polar surface area (TPSA) is 117 Å². The molecule has 33 heavy (non-hydrogen) atoms. The first-order valence-corrected chi connectivity index (χ1v) is 11.3. The largest absolute Gasteiger partial charge is 0.872 e. The molecule has 0 aromatic carbocycles. The number of likely N-dealkylation sites (tertiary alicyclic amines) is 1. The number of aromatic nitrogens is 2. The molecule has 1 aliphatic rings. The monoisotopic (exact) mass is 465 g/mol. The van der Waals surface area contributed by atoms with Crippen LogP contribution in [0.15, 0.2) is 47.6 Å². The van der Waals surface area contributed by atoms with Gasteiger partial charge in [0.05, 0.1) is 19.2 Å². The average Bonchev–Trinajstić information content (AvgIpc) is 3.48. The molecular formula is C24H23N3O5S. The van der Waals surface area contributed by atoms with E-state index in [2.05, 4.69) is 9.97 Å². The number of ketones is 1. The number of pyridine rings is 1. The number of Topliss-reactive ketones (excluding diaryl/α,β-unsaturated/α-hetero) is 1. The second kappa shape index (κ2) is 9.03. The van der Waals surface area contributed by atoms with Gasteiger partial charge in [-0.25, -0.2) is 9.78 Å². The van der Waals surface area contributed by atoms with Crippen molar-refractivity contribution >= 4 is 34.8 Å². The summed E-state index contributed by atoms with van der Waals surface area (Å²) in [5.74, 6) is -2.68. The Kier molecular flexibility index (Phi) is 6.15. The van der Waals surface area contributed by atoms with Gasteiger partial charge in [0.25, 0.3) is 5.91 Å². The first-order chi connectivity index (χ1) is 15.8. The molecule has 0 aliphatic carbocycles. The van der Waals surface area contributed by atoms with Gasteiger partial charge in [0, 0.05) is 27.8 Å². The van der Waals surface area contributed by atoms with Crippen LogP contribution in [0, 0.1) is 13.8 Å². The van der Waals surface area contributed by atoms with E-state index in [0.29, 0.717) is 16.1 Å². The minimum absolute atomic E-state index is 0.108. The molecule has 1 saturated heterocycles. The molecule has 1 amide bonds. The Hall–Kier alpha value is -3.72. The Morgan fingerprint density at radius 3 is 2.70 bits per heavy atom. The second-order valence-corrected chi connectivity index (χ2v) is 8.66. The number of carbonyl (C=O) groups excluding carboxylic acids is 3. The van der Waals surface area contributed by atoms with E-state index in [0.717, 1.165) is 5.56 Å². The Morgan fingerprint density at radius 2 is 2.06 bits per heavy atom.